The summed E-state index contributed by atoms with van der Waals surface area (Å²) in [6, 6.07) is 5.75. The predicted octanol–water partition coefficient (Wildman–Crippen LogP) is 2.57. The molecule has 6 heteroatoms. The predicted molar refractivity (Wildman–Crippen MR) is 97.7 cm³/mol. The van der Waals surface area contributed by atoms with Crippen molar-refractivity contribution in [3.8, 4) is 0 Å². The van der Waals surface area contributed by atoms with Crippen molar-refractivity contribution in [3.05, 3.63) is 28.2 Å². The molecular formula is C17H26BrN3O2. The highest BCUT2D eigenvalue weighted by atomic mass is 79.9. The zero-order chi connectivity index (χ0) is 17.4. The molecule has 0 spiro atoms. The van der Waals surface area contributed by atoms with Crippen LogP contribution < -0.4 is 10.2 Å². The van der Waals surface area contributed by atoms with E-state index in [0.717, 1.165) is 28.7 Å². The van der Waals surface area contributed by atoms with Gasteiger partial charge in [-0.05, 0) is 57.7 Å². The van der Waals surface area contributed by atoms with Crippen LogP contribution in [-0.4, -0.2) is 50.4 Å². The number of rotatable bonds is 8. The maximum Gasteiger partial charge on any atom is 0.223 e. The van der Waals surface area contributed by atoms with Gasteiger partial charge in [0.1, 0.15) is 0 Å². The molecule has 2 amide bonds. The zero-order valence-electron chi connectivity index (χ0n) is 14.4. The molecule has 1 rings (SSSR count). The van der Waals surface area contributed by atoms with E-state index >= 15 is 0 Å². The number of anilines is 1. The van der Waals surface area contributed by atoms with Crippen molar-refractivity contribution in [2.75, 3.05) is 38.6 Å². The quantitative estimate of drug-likeness (QED) is 0.701. The second-order valence-electron chi connectivity index (χ2n) is 5.86. The Bertz CT molecular complexity index is 547. The third-order valence-corrected chi connectivity index (χ3v) is 4.39. The Morgan fingerprint density at radius 1 is 1.22 bits per heavy atom. The number of nitrogens with one attached hydrogen (secondary N) is 1. The summed E-state index contributed by atoms with van der Waals surface area (Å²) in [5.74, 6) is -0.0871. The first-order valence-corrected chi connectivity index (χ1v) is 8.56. The maximum absolute atomic E-state index is 11.9. The molecule has 1 aromatic carbocycles. The van der Waals surface area contributed by atoms with Crippen LogP contribution in [0.2, 0.25) is 0 Å². The molecule has 0 atom stereocenters. The molecule has 0 fully saturated rings. The SMILES string of the molecule is CC(=O)N(CCC(=O)NCCCN(C)C)c1ccc(Br)c(C)c1. The Balaban J connectivity index is 2.52. The monoisotopic (exact) mass is 383 g/mol. The molecule has 0 saturated heterocycles. The van der Waals surface area contributed by atoms with E-state index in [0.29, 0.717) is 19.5 Å². The largest absolute Gasteiger partial charge is 0.356 e. The topological polar surface area (TPSA) is 52.7 Å². The van der Waals surface area contributed by atoms with Crippen molar-refractivity contribution in [2.45, 2.75) is 26.7 Å². The lowest BCUT2D eigenvalue weighted by atomic mass is 10.2. The van der Waals surface area contributed by atoms with E-state index in [1.54, 1.807) is 4.90 Å². The average molecular weight is 384 g/mol. The van der Waals surface area contributed by atoms with Crippen LogP contribution in [0.5, 0.6) is 0 Å². The number of amides is 2. The summed E-state index contributed by atoms with van der Waals surface area (Å²) in [7, 11) is 4.01. The summed E-state index contributed by atoms with van der Waals surface area (Å²) >= 11 is 3.45. The van der Waals surface area contributed by atoms with E-state index in [1.807, 2.05) is 39.2 Å². The van der Waals surface area contributed by atoms with Gasteiger partial charge in [-0.25, -0.2) is 0 Å². The third kappa shape index (κ3) is 7.14. The van der Waals surface area contributed by atoms with Crippen LogP contribution in [-0.2, 0) is 9.59 Å². The summed E-state index contributed by atoms with van der Waals surface area (Å²) in [5, 5.41) is 2.89. The molecule has 0 aliphatic rings. The Morgan fingerprint density at radius 2 is 1.91 bits per heavy atom. The number of carbonyl (C=O) groups is 2. The molecular weight excluding hydrogens is 358 g/mol. The van der Waals surface area contributed by atoms with Crippen LogP contribution in [0.25, 0.3) is 0 Å². The van der Waals surface area contributed by atoms with Gasteiger partial charge in [0.05, 0.1) is 0 Å². The van der Waals surface area contributed by atoms with Gasteiger partial charge in [0.25, 0.3) is 0 Å². The van der Waals surface area contributed by atoms with Crippen molar-refractivity contribution >= 4 is 33.4 Å². The molecule has 0 heterocycles. The van der Waals surface area contributed by atoms with Crippen LogP contribution in [0.15, 0.2) is 22.7 Å². The van der Waals surface area contributed by atoms with E-state index in [2.05, 4.69) is 26.1 Å². The smallest absolute Gasteiger partial charge is 0.223 e. The van der Waals surface area contributed by atoms with Gasteiger partial charge in [-0.15, -0.1) is 0 Å². The molecule has 0 saturated carbocycles. The van der Waals surface area contributed by atoms with Crippen LogP contribution in [0.4, 0.5) is 5.69 Å². The number of aryl methyl sites for hydroxylation is 1. The molecule has 1 aromatic rings. The standard InChI is InChI=1S/C17H26BrN3O2/c1-13-12-15(6-7-16(13)18)21(14(2)22)11-8-17(23)19-9-5-10-20(3)4/h6-7,12H,5,8-11H2,1-4H3,(H,19,23). The molecule has 0 aliphatic carbocycles. The highest BCUT2D eigenvalue weighted by molar-refractivity contribution is 9.10. The Morgan fingerprint density at radius 3 is 2.48 bits per heavy atom. The van der Waals surface area contributed by atoms with Crippen molar-refractivity contribution in [1.29, 1.82) is 0 Å². The number of carbonyl (C=O) groups excluding carboxylic acids is 2. The maximum atomic E-state index is 11.9. The molecule has 5 nitrogen and oxygen atoms in total. The first-order chi connectivity index (χ1) is 10.8. The number of benzene rings is 1. The van der Waals surface area contributed by atoms with Crippen LogP contribution >= 0.6 is 15.9 Å². The number of nitrogens with zero attached hydrogens (tertiary/aromatic N) is 2. The number of halogens is 1. The van der Waals surface area contributed by atoms with Gasteiger partial charge < -0.3 is 15.1 Å². The molecule has 23 heavy (non-hydrogen) atoms. The fraction of sp³-hybridized carbons (Fsp3) is 0.529. The summed E-state index contributed by atoms with van der Waals surface area (Å²) in [5.41, 5.74) is 1.88. The summed E-state index contributed by atoms with van der Waals surface area (Å²) < 4.78 is 1.00. The van der Waals surface area contributed by atoms with Crippen LogP contribution in [0, 0.1) is 6.92 Å². The Labute approximate surface area is 147 Å². The van der Waals surface area contributed by atoms with Crippen molar-refractivity contribution < 1.29 is 9.59 Å². The lowest BCUT2D eigenvalue weighted by Gasteiger charge is -2.21. The van der Waals surface area contributed by atoms with Gasteiger partial charge in [0.15, 0.2) is 0 Å². The fourth-order valence-corrected chi connectivity index (χ4v) is 2.44. The first-order valence-electron chi connectivity index (χ1n) is 7.77. The number of hydrogen-bond donors (Lipinski definition) is 1. The first kappa shape index (κ1) is 19.6. The van der Waals surface area contributed by atoms with E-state index in [4.69, 9.17) is 0 Å². The molecule has 0 aromatic heterocycles. The third-order valence-electron chi connectivity index (χ3n) is 3.50. The second-order valence-corrected chi connectivity index (χ2v) is 6.72. The van der Waals surface area contributed by atoms with Crippen LogP contribution in [0.1, 0.15) is 25.3 Å². The molecule has 128 valence electrons. The van der Waals surface area contributed by atoms with Gasteiger partial charge in [0, 0.05) is 36.6 Å². The fourth-order valence-electron chi connectivity index (χ4n) is 2.19. The lowest BCUT2D eigenvalue weighted by Crippen LogP contribution is -2.34. The summed E-state index contributed by atoms with van der Waals surface area (Å²) in [4.78, 5) is 27.5. The van der Waals surface area contributed by atoms with E-state index in [9.17, 15) is 9.59 Å². The Hall–Kier alpha value is -1.40. The molecule has 0 aliphatic heterocycles. The summed E-state index contributed by atoms with van der Waals surface area (Å²) in [6.45, 7) is 5.48. The van der Waals surface area contributed by atoms with Crippen molar-refractivity contribution in [1.82, 2.24) is 10.2 Å². The van der Waals surface area contributed by atoms with E-state index in [-0.39, 0.29) is 11.8 Å². The summed E-state index contributed by atoms with van der Waals surface area (Å²) in [6.07, 6.45) is 1.22. The molecule has 0 bridgehead atoms. The van der Waals surface area contributed by atoms with E-state index < -0.39 is 0 Å². The Kier molecular flexibility index (Phi) is 8.26. The van der Waals surface area contributed by atoms with Gasteiger partial charge >= 0.3 is 0 Å². The average Bonchev–Trinajstić information content (AvgIpc) is 2.47. The van der Waals surface area contributed by atoms with E-state index in [1.165, 1.54) is 6.92 Å². The highest BCUT2D eigenvalue weighted by Crippen LogP contribution is 2.23. The molecule has 1 N–H and O–H groups in total. The minimum atomic E-state index is -0.0628. The normalized spacial score (nSPS) is 10.7. The molecule has 0 unspecified atom stereocenters. The minimum Gasteiger partial charge on any atom is -0.356 e. The van der Waals surface area contributed by atoms with Crippen LogP contribution in [0.3, 0.4) is 0 Å². The van der Waals surface area contributed by atoms with Gasteiger partial charge in [-0.2, -0.15) is 0 Å². The van der Waals surface area contributed by atoms with Gasteiger partial charge in [-0.1, -0.05) is 15.9 Å². The zero-order valence-corrected chi connectivity index (χ0v) is 15.9. The van der Waals surface area contributed by atoms with Gasteiger partial charge in [-0.3, -0.25) is 9.59 Å². The highest BCUT2D eigenvalue weighted by Gasteiger charge is 2.14. The molecule has 0 radical (unpaired) electrons. The van der Waals surface area contributed by atoms with Crippen molar-refractivity contribution in [2.24, 2.45) is 0 Å². The van der Waals surface area contributed by atoms with Gasteiger partial charge in [0.2, 0.25) is 11.8 Å². The minimum absolute atomic E-state index is 0.0242. The van der Waals surface area contributed by atoms with Crippen molar-refractivity contribution in [3.63, 3.8) is 0 Å². The number of hydrogen-bond acceptors (Lipinski definition) is 3. The lowest BCUT2D eigenvalue weighted by molar-refractivity contribution is -0.121. The second kappa shape index (κ2) is 9.67.